The van der Waals surface area contributed by atoms with Gasteiger partial charge in [-0.05, 0) is 23.3 Å². The fourth-order valence-electron chi connectivity index (χ4n) is 2.73. The van der Waals surface area contributed by atoms with Crippen molar-refractivity contribution in [3.63, 3.8) is 0 Å². The van der Waals surface area contributed by atoms with Crippen LogP contribution in [0.15, 0.2) is 48.2 Å². The van der Waals surface area contributed by atoms with Crippen molar-refractivity contribution in [3.05, 3.63) is 59.4 Å². The van der Waals surface area contributed by atoms with Crippen LogP contribution in [0.4, 0.5) is 0 Å². The maximum absolute atomic E-state index is 11.6. The number of phenolic OH excluding ortho intramolecular Hbond substituents is 2. The van der Waals surface area contributed by atoms with Crippen LogP contribution in [0.2, 0.25) is 0 Å². The molecule has 0 amide bonds. The first-order valence-corrected chi connectivity index (χ1v) is 7.13. The van der Waals surface area contributed by atoms with E-state index < -0.39 is 5.92 Å². The fraction of sp³-hybridized carbons (Fsp3) is 0.167. The van der Waals surface area contributed by atoms with Gasteiger partial charge in [0.2, 0.25) is 5.75 Å². The Hall–Kier alpha value is -2.95. The summed E-state index contributed by atoms with van der Waals surface area (Å²) >= 11 is 0. The van der Waals surface area contributed by atoms with Crippen molar-refractivity contribution in [3.8, 4) is 23.0 Å². The number of allylic oxidation sites excluding steroid dienone is 1. The number of aldehydes is 1. The van der Waals surface area contributed by atoms with E-state index in [9.17, 15) is 15.0 Å². The highest BCUT2D eigenvalue weighted by molar-refractivity contribution is 5.73. The van der Waals surface area contributed by atoms with Crippen LogP contribution in [-0.4, -0.2) is 23.6 Å². The first-order valence-electron chi connectivity index (χ1n) is 7.13. The van der Waals surface area contributed by atoms with Crippen molar-refractivity contribution in [2.24, 2.45) is 0 Å². The average Bonchev–Trinajstić information content (AvgIpc) is 2.58. The van der Waals surface area contributed by atoms with E-state index in [-0.39, 0.29) is 17.2 Å². The van der Waals surface area contributed by atoms with E-state index in [0.717, 1.165) is 23.2 Å². The Bertz CT molecular complexity index is 779. The summed E-state index contributed by atoms with van der Waals surface area (Å²) in [5, 5.41) is 19.4. The van der Waals surface area contributed by atoms with Crippen LogP contribution in [0.25, 0.3) is 0 Å². The van der Waals surface area contributed by atoms with Crippen LogP contribution >= 0.6 is 0 Å². The molecule has 1 aliphatic rings. The average molecular weight is 312 g/mol. The number of para-hydroxylation sites is 1. The number of benzene rings is 2. The van der Waals surface area contributed by atoms with Gasteiger partial charge in [0.1, 0.15) is 12.0 Å². The lowest BCUT2D eigenvalue weighted by Crippen LogP contribution is -2.14. The van der Waals surface area contributed by atoms with Gasteiger partial charge < -0.3 is 24.5 Å². The predicted octanol–water partition coefficient (Wildman–Crippen LogP) is 2.91. The maximum Gasteiger partial charge on any atom is 0.201 e. The number of hydrogen-bond donors (Lipinski definition) is 2. The zero-order valence-corrected chi connectivity index (χ0v) is 12.5. The Morgan fingerprint density at radius 2 is 2.00 bits per heavy atom. The third-order valence-corrected chi connectivity index (χ3v) is 3.93. The van der Waals surface area contributed by atoms with Crippen molar-refractivity contribution in [2.45, 2.75) is 12.3 Å². The normalized spacial score (nSPS) is 16.0. The van der Waals surface area contributed by atoms with Gasteiger partial charge in [0.05, 0.1) is 19.3 Å². The van der Waals surface area contributed by atoms with E-state index in [1.807, 2.05) is 24.3 Å². The van der Waals surface area contributed by atoms with Crippen molar-refractivity contribution in [2.75, 3.05) is 7.11 Å². The molecule has 0 aromatic heterocycles. The molecule has 2 aromatic rings. The van der Waals surface area contributed by atoms with Crippen molar-refractivity contribution in [1.29, 1.82) is 0 Å². The van der Waals surface area contributed by atoms with Crippen LogP contribution in [0, 0.1) is 0 Å². The molecule has 1 aliphatic heterocycles. The highest BCUT2D eigenvalue weighted by atomic mass is 16.5. The molecule has 2 aromatic carbocycles. The predicted molar refractivity (Wildman–Crippen MR) is 84.0 cm³/mol. The van der Waals surface area contributed by atoms with Gasteiger partial charge in [0.25, 0.3) is 0 Å². The van der Waals surface area contributed by atoms with Gasteiger partial charge >= 0.3 is 0 Å². The maximum atomic E-state index is 11.6. The molecule has 1 heterocycles. The van der Waals surface area contributed by atoms with Gasteiger partial charge in [-0.25, -0.2) is 0 Å². The summed E-state index contributed by atoms with van der Waals surface area (Å²) in [7, 11) is 1.60. The second kappa shape index (κ2) is 6.04. The Kier molecular flexibility index (Phi) is 3.93. The van der Waals surface area contributed by atoms with Gasteiger partial charge in [-0.15, -0.1) is 0 Å². The summed E-state index contributed by atoms with van der Waals surface area (Å²) in [5.74, 6) is -0.338. The van der Waals surface area contributed by atoms with Crippen molar-refractivity contribution >= 4 is 6.29 Å². The highest BCUT2D eigenvalue weighted by Gasteiger charge is 2.28. The summed E-state index contributed by atoms with van der Waals surface area (Å²) < 4.78 is 10.8. The summed E-state index contributed by atoms with van der Waals surface area (Å²) in [6.45, 7) is 0. The fourth-order valence-corrected chi connectivity index (χ4v) is 2.73. The number of carbonyl (C=O) groups is 1. The molecule has 0 fully saturated rings. The highest BCUT2D eigenvalue weighted by Crippen LogP contribution is 2.46. The van der Waals surface area contributed by atoms with Crippen LogP contribution in [0.3, 0.4) is 0 Å². The zero-order chi connectivity index (χ0) is 16.4. The van der Waals surface area contributed by atoms with E-state index in [0.29, 0.717) is 12.0 Å². The molecule has 3 rings (SSSR count). The monoisotopic (exact) mass is 312 g/mol. The Labute approximate surface area is 133 Å². The van der Waals surface area contributed by atoms with E-state index in [1.54, 1.807) is 13.2 Å². The number of hydrogen-bond acceptors (Lipinski definition) is 5. The van der Waals surface area contributed by atoms with Gasteiger partial charge in [-0.1, -0.05) is 24.3 Å². The van der Waals surface area contributed by atoms with E-state index >= 15 is 0 Å². The molecule has 0 saturated carbocycles. The number of ether oxygens (including phenoxy) is 2. The Balaban J connectivity index is 1.97. The van der Waals surface area contributed by atoms with Crippen LogP contribution < -0.4 is 9.47 Å². The molecule has 0 radical (unpaired) electrons. The molecule has 23 heavy (non-hydrogen) atoms. The number of carbonyl (C=O) groups excluding carboxylic acids is 1. The van der Waals surface area contributed by atoms with Crippen molar-refractivity contribution < 1.29 is 24.5 Å². The molecule has 0 spiro atoms. The Morgan fingerprint density at radius 3 is 2.74 bits per heavy atom. The number of rotatable bonds is 4. The summed E-state index contributed by atoms with van der Waals surface area (Å²) in [6.07, 6.45) is 2.74. The number of methoxy groups -OCH3 is 1. The second-order valence-corrected chi connectivity index (χ2v) is 5.26. The lowest BCUT2D eigenvalue weighted by atomic mass is 9.86. The van der Waals surface area contributed by atoms with Crippen molar-refractivity contribution in [1.82, 2.24) is 0 Å². The summed E-state index contributed by atoms with van der Waals surface area (Å²) in [4.78, 5) is 11.6. The first kappa shape index (κ1) is 15.0. The molecule has 2 N–H and O–H groups in total. The Morgan fingerprint density at radius 1 is 1.22 bits per heavy atom. The standard InChI is InChI=1S/C18H16O5/c1-22-16-5-3-2-4-11(16)8-12-10-23-18-13(14(12)9-19)6-7-15(20)17(18)21/h2-7,9-10,14,20-21H,8H2,1H3. The van der Waals surface area contributed by atoms with Gasteiger partial charge in [-0.3, -0.25) is 0 Å². The smallest absolute Gasteiger partial charge is 0.201 e. The number of fused-ring (bicyclic) bond motifs is 1. The van der Waals surface area contributed by atoms with Gasteiger partial charge in [0.15, 0.2) is 11.5 Å². The van der Waals surface area contributed by atoms with E-state index in [1.165, 1.54) is 12.3 Å². The minimum absolute atomic E-state index is 0.117. The number of phenols is 2. The van der Waals surface area contributed by atoms with E-state index in [4.69, 9.17) is 9.47 Å². The molecule has 1 atom stereocenters. The molecule has 0 saturated heterocycles. The summed E-state index contributed by atoms with van der Waals surface area (Å²) in [6, 6.07) is 10.5. The third kappa shape index (κ3) is 2.61. The molecule has 118 valence electrons. The lowest BCUT2D eigenvalue weighted by Gasteiger charge is -2.24. The van der Waals surface area contributed by atoms with Gasteiger partial charge in [-0.2, -0.15) is 0 Å². The molecule has 5 nitrogen and oxygen atoms in total. The topological polar surface area (TPSA) is 76.0 Å². The third-order valence-electron chi connectivity index (χ3n) is 3.93. The molecule has 0 aliphatic carbocycles. The molecule has 0 bridgehead atoms. The van der Waals surface area contributed by atoms with Crippen LogP contribution in [0.5, 0.6) is 23.0 Å². The molecule has 5 heteroatoms. The zero-order valence-electron chi connectivity index (χ0n) is 12.5. The van der Waals surface area contributed by atoms with Crippen LogP contribution in [0.1, 0.15) is 17.0 Å². The quantitative estimate of drug-likeness (QED) is 0.670. The second-order valence-electron chi connectivity index (χ2n) is 5.26. The van der Waals surface area contributed by atoms with Crippen LogP contribution in [-0.2, 0) is 11.2 Å². The largest absolute Gasteiger partial charge is 0.504 e. The SMILES string of the molecule is COc1ccccc1CC1=COc2c(ccc(O)c2O)C1C=O. The minimum Gasteiger partial charge on any atom is -0.504 e. The minimum atomic E-state index is -0.546. The lowest BCUT2D eigenvalue weighted by molar-refractivity contribution is -0.108. The number of aromatic hydroxyl groups is 2. The van der Waals surface area contributed by atoms with E-state index in [2.05, 4.69) is 0 Å². The molecule has 1 unspecified atom stereocenters. The first-order chi connectivity index (χ1) is 11.2. The summed E-state index contributed by atoms with van der Waals surface area (Å²) in [5.41, 5.74) is 2.22. The molecular formula is C18H16O5. The van der Waals surface area contributed by atoms with Gasteiger partial charge in [0, 0.05) is 12.0 Å². The molecular weight excluding hydrogens is 296 g/mol.